The summed E-state index contributed by atoms with van der Waals surface area (Å²) in [5, 5.41) is 0. The highest BCUT2D eigenvalue weighted by Gasteiger charge is 2.19. The van der Waals surface area contributed by atoms with Gasteiger partial charge in [0.25, 0.3) is 0 Å². The van der Waals surface area contributed by atoms with Crippen molar-refractivity contribution >= 4 is 17.9 Å². The molecule has 6 heteroatoms. The highest BCUT2D eigenvalue weighted by atomic mass is 16.6. The SMILES string of the molecule is CCCCCCCCCC/C=C\CCCCCCCCCCCCCCCCCCCCCC(=O)OCC(COC(=O)CCCCCCC)OC(=O)CCCCCCCCCCCCCCCCCCCC. The Bertz CT molecular complexity index is 1120. The molecule has 426 valence electrons. The molecule has 72 heavy (non-hydrogen) atoms. The van der Waals surface area contributed by atoms with Crippen molar-refractivity contribution in [3.63, 3.8) is 0 Å². The summed E-state index contributed by atoms with van der Waals surface area (Å²) in [5.41, 5.74) is 0. The van der Waals surface area contributed by atoms with Crippen LogP contribution in [0.5, 0.6) is 0 Å². The quantitative estimate of drug-likeness (QED) is 0.0261. The van der Waals surface area contributed by atoms with Crippen molar-refractivity contribution in [1.29, 1.82) is 0 Å². The second-order valence-electron chi connectivity index (χ2n) is 22.4. The van der Waals surface area contributed by atoms with Crippen molar-refractivity contribution in [3.05, 3.63) is 12.2 Å². The zero-order valence-electron chi connectivity index (χ0n) is 49.0. The molecule has 0 aliphatic rings. The molecule has 0 N–H and O–H groups in total. The molecule has 0 aliphatic heterocycles. The van der Waals surface area contributed by atoms with E-state index in [0.717, 1.165) is 64.2 Å². The van der Waals surface area contributed by atoms with Gasteiger partial charge in [0.05, 0.1) is 0 Å². The molecule has 0 bridgehead atoms. The van der Waals surface area contributed by atoms with Gasteiger partial charge in [-0.2, -0.15) is 0 Å². The number of hydrogen-bond donors (Lipinski definition) is 0. The molecule has 1 atom stereocenters. The monoisotopic (exact) mass is 1010 g/mol. The molecule has 0 radical (unpaired) electrons. The zero-order valence-corrected chi connectivity index (χ0v) is 49.0. The Kier molecular flexibility index (Phi) is 60.1. The molecule has 0 aromatic heterocycles. The lowest BCUT2D eigenvalue weighted by molar-refractivity contribution is -0.167. The predicted octanol–water partition coefficient (Wildman–Crippen LogP) is 22.1. The van der Waals surface area contributed by atoms with Crippen molar-refractivity contribution in [2.45, 2.75) is 380 Å². The van der Waals surface area contributed by atoms with E-state index in [-0.39, 0.29) is 31.1 Å². The van der Waals surface area contributed by atoms with Crippen molar-refractivity contribution in [1.82, 2.24) is 0 Å². The van der Waals surface area contributed by atoms with Crippen LogP contribution in [0.1, 0.15) is 374 Å². The van der Waals surface area contributed by atoms with E-state index >= 15 is 0 Å². The average Bonchev–Trinajstić information content (AvgIpc) is 3.38. The number of hydrogen-bond acceptors (Lipinski definition) is 6. The first-order valence-corrected chi connectivity index (χ1v) is 32.7. The van der Waals surface area contributed by atoms with Gasteiger partial charge in [-0.3, -0.25) is 14.4 Å². The lowest BCUT2D eigenvalue weighted by Crippen LogP contribution is -2.30. The first kappa shape index (κ1) is 70.1. The van der Waals surface area contributed by atoms with Crippen molar-refractivity contribution < 1.29 is 28.6 Å². The van der Waals surface area contributed by atoms with Crippen molar-refractivity contribution in [3.8, 4) is 0 Å². The Balaban J connectivity index is 3.90. The van der Waals surface area contributed by atoms with Gasteiger partial charge in [0.15, 0.2) is 6.10 Å². The molecule has 0 aliphatic carbocycles. The number of unbranched alkanes of at least 4 members (excludes halogenated alkanes) is 48. The van der Waals surface area contributed by atoms with Gasteiger partial charge in [-0.05, 0) is 44.9 Å². The lowest BCUT2D eigenvalue weighted by atomic mass is 10.0. The Morgan fingerprint density at radius 2 is 0.458 bits per heavy atom. The molecule has 0 saturated heterocycles. The maximum absolute atomic E-state index is 12.8. The molecule has 0 aromatic carbocycles. The second kappa shape index (κ2) is 61.7. The molecule has 0 fully saturated rings. The largest absolute Gasteiger partial charge is 0.462 e. The minimum Gasteiger partial charge on any atom is -0.462 e. The fraction of sp³-hybridized carbons (Fsp3) is 0.924. The average molecular weight is 1020 g/mol. The third kappa shape index (κ3) is 59.0. The standard InChI is InChI=1S/C66H126O6/c1-4-7-10-13-15-17-19-21-23-25-27-28-29-30-31-32-33-34-35-36-37-38-39-41-42-44-46-48-50-53-56-59-65(68)71-62-63(61-70-64(67)58-55-52-12-9-6-3)72-66(69)60-57-54-51-49-47-45-43-40-26-24-22-20-18-16-14-11-8-5-2/h25,27,63H,4-24,26,28-62H2,1-3H3/b27-25-. The Hall–Kier alpha value is -1.85. The van der Waals surface area contributed by atoms with Gasteiger partial charge in [0.1, 0.15) is 13.2 Å². The maximum atomic E-state index is 12.8. The molecule has 0 amide bonds. The molecule has 0 spiro atoms. The summed E-state index contributed by atoms with van der Waals surface area (Å²) in [6, 6.07) is 0. The third-order valence-electron chi connectivity index (χ3n) is 15.0. The predicted molar refractivity (Wildman–Crippen MR) is 312 cm³/mol. The number of allylic oxidation sites excluding steroid dienone is 2. The summed E-state index contributed by atoms with van der Waals surface area (Å²) < 4.78 is 16.8. The number of rotatable bonds is 61. The fourth-order valence-electron chi connectivity index (χ4n) is 10.1. The van der Waals surface area contributed by atoms with Crippen LogP contribution >= 0.6 is 0 Å². The van der Waals surface area contributed by atoms with E-state index in [1.165, 1.54) is 270 Å². The Morgan fingerprint density at radius 1 is 0.264 bits per heavy atom. The third-order valence-corrected chi connectivity index (χ3v) is 15.0. The van der Waals surface area contributed by atoms with Gasteiger partial charge in [-0.15, -0.1) is 0 Å². The number of carbonyl (C=O) groups excluding carboxylic acids is 3. The second-order valence-corrected chi connectivity index (χ2v) is 22.4. The van der Waals surface area contributed by atoms with E-state index in [4.69, 9.17) is 14.2 Å². The highest BCUT2D eigenvalue weighted by Crippen LogP contribution is 2.18. The fourth-order valence-corrected chi connectivity index (χ4v) is 10.1. The smallest absolute Gasteiger partial charge is 0.306 e. The summed E-state index contributed by atoms with van der Waals surface area (Å²) in [5.74, 6) is -0.851. The summed E-state index contributed by atoms with van der Waals surface area (Å²) in [4.78, 5) is 37.9. The topological polar surface area (TPSA) is 78.9 Å². The first-order chi connectivity index (χ1) is 35.5. The van der Waals surface area contributed by atoms with Crippen LogP contribution in [0.2, 0.25) is 0 Å². The maximum Gasteiger partial charge on any atom is 0.306 e. The van der Waals surface area contributed by atoms with E-state index in [1.807, 2.05) is 0 Å². The van der Waals surface area contributed by atoms with Crippen LogP contribution in [-0.2, 0) is 28.6 Å². The van der Waals surface area contributed by atoms with Crippen molar-refractivity contribution in [2.75, 3.05) is 13.2 Å². The van der Waals surface area contributed by atoms with Crippen LogP contribution < -0.4 is 0 Å². The Labute approximate surface area is 450 Å². The molecule has 0 saturated carbocycles. The first-order valence-electron chi connectivity index (χ1n) is 32.7. The summed E-state index contributed by atoms with van der Waals surface area (Å²) in [6.07, 6.45) is 72.9. The van der Waals surface area contributed by atoms with E-state index in [9.17, 15) is 14.4 Å². The van der Waals surface area contributed by atoms with Gasteiger partial charge in [0.2, 0.25) is 0 Å². The Morgan fingerprint density at radius 3 is 0.694 bits per heavy atom. The zero-order chi connectivity index (χ0) is 52.2. The highest BCUT2D eigenvalue weighted by molar-refractivity contribution is 5.71. The van der Waals surface area contributed by atoms with E-state index < -0.39 is 6.10 Å². The molecular weight excluding hydrogens is 889 g/mol. The minimum absolute atomic E-state index is 0.0640. The number of esters is 3. The van der Waals surface area contributed by atoms with Crippen LogP contribution in [0.4, 0.5) is 0 Å². The minimum atomic E-state index is -0.761. The summed E-state index contributed by atoms with van der Waals surface area (Å²) >= 11 is 0. The van der Waals surface area contributed by atoms with Crippen molar-refractivity contribution in [2.24, 2.45) is 0 Å². The molecule has 1 unspecified atom stereocenters. The van der Waals surface area contributed by atoms with Crippen LogP contribution in [0.3, 0.4) is 0 Å². The molecular formula is C66H126O6. The van der Waals surface area contributed by atoms with Crippen LogP contribution in [0, 0.1) is 0 Å². The number of ether oxygens (including phenoxy) is 3. The van der Waals surface area contributed by atoms with Crippen LogP contribution in [-0.4, -0.2) is 37.2 Å². The van der Waals surface area contributed by atoms with Gasteiger partial charge >= 0.3 is 17.9 Å². The summed E-state index contributed by atoms with van der Waals surface area (Å²) in [6.45, 7) is 6.63. The van der Waals surface area contributed by atoms with Gasteiger partial charge in [0, 0.05) is 19.3 Å². The molecule has 6 nitrogen and oxygen atoms in total. The molecule has 0 rings (SSSR count). The summed E-state index contributed by atoms with van der Waals surface area (Å²) in [7, 11) is 0. The van der Waals surface area contributed by atoms with Crippen LogP contribution in [0.25, 0.3) is 0 Å². The van der Waals surface area contributed by atoms with E-state index in [2.05, 4.69) is 32.9 Å². The van der Waals surface area contributed by atoms with Gasteiger partial charge in [-0.1, -0.05) is 322 Å². The normalized spacial score (nSPS) is 12.0. The van der Waals surface area contributed by atoms with Crippen LogP contribution in [0.15, 0.2) is 12.2 Å². The van der Waals surface area contributed by atoms with E-state index in [0.29, 0.717) is 19.3 Å². The molecule has 0 aromatic rings. The van der Waals surface area contributed by atoms with Gasteiger partial charge in [-0.25, -0.2) is 0 Å². The lowest BCUT2D eigenvalue weighted by Gasteiger charge is -2.18. The number of carbonyl (C=O) groups is 3. The molecule has 0 heterocycles. The van der Waals surface area contributed by atoms with Gasteiger partial charge < -0.3 is 14.2 Å². The van der Waals surface area contributed by atoms with E-state index in [1.54, 1.807) is 0 Å².